The van der Waals surface area contributed by atoms with Gasteiger partial charge in [-0.2, -0.15) is 0 Å². The van der Waals surface area contributed by atoms with E-state index >= 15 is 0 Å². The van der Waals surface area contributed by atoms with E-state index in [4.69, 9.17) is 6.57 Å². The molecule has 0 atom stereocenters. The number of rotatable bonds is 1. The van der Waals surface area contributed by atoms with E-state index in [1.807, 2.05) is 36.4 Å². The number of aromatic nitrogens is 1. The van der Waals surface area contributed by atoms with Crippen LogP contribution in [-0.4, -0.2) is 4.98 Å². The number of nitrogens with zero attached hydrogens (tertiary/aromatic N) is 2. The van der Waals surface area contributed by atoms with Crippen LogP contribution in [0.2, 0.25) is 0 Å². The molecule has 2 nitrogen and oxygen atoms in total. The second-order valence-electron chi connectivity index (χ2n) is 6.17. The highest BCUT2D eigenvalue weighted by molar-refractivity contribution is 6.14. The predicted octanol–water partition coefficient (Wildman–Crippen LogP) is 6.38. The van der Waals surface area contributed by atoms with Gasteiger partial charge < -0.3 is 0 Å². The lowest BCUT2D eigenvalue weighted by molar-refractivity contribution is 0.595. The molecule has 4 heteroatoms. The van der Waals surface area contributed by atoms with E-state index in [0.717, 1.165) is 39.2 Å². The largest absolute Gasteiger partial charge is 0.257 e. The van der Waals surface area contributed by atoms with Gasteiger partial charge in [0.05, 0.1) is 17.8 Å². The summed E-state index contributed by atoms with van der Waals surface area (Å²) in [5.41, 5.74) is 4.94. The fraction of sp³-hybridized carbons (Fsp3) is 0. The van der Waals surface area contributed by atoms with Gasteiger partial charge in [-0.1, -0.05) is 36.4 Å². The van der Waals surface area contributed by atoms with E-state index in [2.05, 4.69) is 22.0 Å². The minimum absolute atomic E-state index is 0.130. The molecule has 0 saturated carbocycles. The summed E-state index contributed by atoms with van der Waals surface area (Å²) < 4.78 is 28.3. The van der Waals surface area contributed by atoms with Crippen LogP contribution in [0, 0.1) is 18.2 Å². The molecule has 3 aromatic carbocycles. The Kier molecular flexibility index (Phi) is 2.95. The van der Waals surface area contributed by atoms with E-state index in [9.17, 15) is 8.78 Å². The Morgan fingerprint density at radius 1 is 0.769 bits per heavy atom. The molecule has 0 saturated heterocycles. The topological polar surface area (TPSA) is 17.2 Å². The van der Waals surface area contributed by atoms with E-state index in [1.54, 1.807) is 0 Å². The third kappa shape index (κ3) is 1.86. The molecule has 4 aromatic rings. The van der Waals surface area contributed by atoms with E-state index < -0.39 is 17.3 Å². The number of halogens is 2. The van der Waals surface area contributed by atoms with Gasteiger partial charge in [-0.25, -0.2) is 18.6 Å². The first-order chi connectivity index (χ1) is 12.7. The highest BCUT2D eigenvalue weighted by Crippen LogP contribution is 2.47. The number of fused-ring (bicyclic) bond motifs is 3. The Hall–Kier alpha value is -3.58. The van der Waals surface area contributed by atoms with Crippen LogP contribution in [0.15, 0.2) is 60.7 Å². The summed E-state index contributed by atoms with van der Waals surface area (Å²) in [4.78, 5) is 7.57. The average molecular weight is 340 g/mol. The van der Waals surface area contributed by atoms with Crippen molar-refractivity contribution >= 4 is 16.6 Å². The van der Waals surface area contributed by atoms with Crippen molar-refractivity contribution in [2.75, 3.05) is 0 Å². The molecule has 0 unspecified atom stereocenters. The fourth-order valence-corrected chi connectivity index (χ4v) is 3.66. The Bertz CT molecular complexity index is 1270. The van der Waals surface area contributed by atoms with Gasteiger partial charge in [0.2, 0.25) is 0 Å². The first-order valence-corrected chi connectivity index (χ1v) is 8.08. The van der Waals surface area contributed by atoms with Crippen molar-refractivity contribution in [3.05, 3.63) is 83.7 Å². The first kappa shape index (κ1) is 14.7. The van der Waals surface area contributed by atoms with Crippen molar-refractivity contribution in [2.45, 2.75) is 0 Å². The Morgan fingerprint density at radius 2 is 1.50 bits per heavy atom. The summed E-state index contributed by atoms with van der Waals surface area (Å²) in [5, 5.41) is 1.03. The van der Waals surface area contributed by atoms with Gasteiger partial charge in [0.1, 0.15) is 11.6 Å². The molecule has 0 spiro atoms. The van der Waals surface area contributed by atoms with E-state index in [1.165, 1.54) is 6.07 Å². The van der Waals surface area contributed by atoms with Crippen molar-refractivity contribution in [1.82, 2.24) is 4.98 Å². The van der Waals surface area contributed by atoms with Crippen LogP contribution in [0.3, 0.4) is 0 Å². The minimum Gasteiger partial charge on any atom is -0.248 e. The molecule has 1 heterocycles. The predicted molar refractivity (Wildman–Crippen MR) is 97.8 cm³/mol. The lowest BCUT2D eigenvalue weighted by atomic mass is 10.0. The minimum atomic E-state index is -0.874. The molecule has 0 bridgehead atoms. The summed E-state index contributed by atoms with van der Waals surface area (Å²) >= 11 is 0. The first-order valence-electron chi connectivity index (χ1n) is 8.08. The van der Waals surface area contributed by atoms with Crippen molar-refractivity contribution in [3.8, 4) is 33.5 Å². The molecule has 26 heavy (non-hydrogen) atoms. The standard InChI is InChI=1S/C22H10F2N2/c1-25-22-17(23)10-9-15(21(22)24)19-11-16-13-6-3-2-5-12(13)14-7-4-8-18(26-19)20(14)16/h2-11H. The molecule has 1 aromatic heterocycles. The summed E-state index contributed by atoms with van der Waals surface area (Å²) in [6.07, 6.45) is 0. The van der Waals surface area contributed by atoms with E-state index in [-0.39, 0.29) is 5.56 Å². The van der Waals surface area contributed by atoms with Crippen LogP contribution in [0.4, 0.5) is 14.5 Å². The zero-order chi connectivity index (χ0) is 17.8. The maximum Gasteiger partial charge on any atom is 0.257 e. The van der Waals surface area contributed by atoms with Crippen molar-refractivity contribution < 1.29 is 8.78 Å². The maximum absolute atomic E-state index is 14.7. The smallest absolute Gasteiger partial charge is 0.248 e. The van der Waals surface area contributed by atoms with Crippen LogP contribution in [-0.2, 0) is 0 Å². The molecule has 1 aliphatic rings. The van der Waals surface area contributed by atoms with E-state index in [0.29, 0.717) is 5.69 Å². The summed E-state index contributed by atoms with van der Waals surface area (Å²) in [5.74, 6) is -1.74. The van der Waals surface area contributed by atoms with Crippen molar-refractivity contribution in [2.24, 2.45) is 0 Å². The average Bonchev–Trinajstić information content (AvgIpc) is 2.98. The lowest BCUT2D eigenvalue weighted by Gasteiger charge is -2.09. The Balaban J connectivity index is 1.86. The van der Waals surface area contributed by atoms with Gasteiger partial charge in [0.15, 0.2) is 0 Å². The highest BCUT2D eigenvalue weighted by atomic mass is 19.1. The van der Waals surface area contributed by atoms with Gasteiger partial charge in [-0.15, -0.1) is 0 Å². The number of hydrogen-bond donors (Lipinski definition) is 0. The number of pyridine rings is 1. The molecule has 122 valence electrons. The molecule has 1 aliphatic carbocycles. The lowest BCUT2D eigenvalue weighted by Crippen LogP contribution is -1.92. The van der Waals surface area contributed by atoms with Crippen LogP contribution in [0.5, 0.6) is 0 Å². The summed E-state index contributed by atoms with van der Waals surface area (Å²) in [7, 11) is 0. The molecule has 0 radical (unpaired) electrons. The summed E-state index contributed by atoms with van der Waals surface area (Å²) in [6.45, 7) is 7.02. The van der Waals surface area contributed by atoms with Crippen LogP contribution in [0.1, 0.15) is 0 Å². The van der Waals surface area contributed by atoms with Crippen molar-refractivity contribution in [1.29, 1.82) is 0 Å². The summed E-state index contributed by atoms with van der Waals surface area (Å²) in [6, 6.07) is 18.2. The molecular weight excluding hydrogens is 330 g/mol. The van der Waals surface area contributed by atoms with Gasteiger partial charge in [-0.3, -0.25) is 0 Å². The zero-order valence-electron chi connectivity index (χ0n) is 13.4. The molecule has 0 amide bonds. The van der Waals surface area contributed by atoms with Gasteiger partial charge >= 0.3 is 0 Å². The third-order valence-corrected chi connectivity index (χ3v) is 4.80. The Morgan fingerprint density at radius 3 is 2.27 bits per heavy atom. The molecule has 5 rings (SSSR count). The normalized spacial score (nSPS) is 11.4. The van der Waals surface area contributed by atoms with Crippen LogP contribution >= 0.6 is 0 Å². The fourth-order valence-electron chi connectivity index (χ4n) is 3.66. The van der Waals surface area contributed by atoms with Gasteiger partial charge in [-0.05, 0) is 46.5 Å². The molecular formula is C22H10F2N2. The third-order valence-electron chi connectivity index (χ3n) is 4.80. The zero-order valence-corrected chi connectivity index (χ0v) is 13.4. The second kappa shape index (κ2) is 5.21. The van der Waals surface area contributed by atoms with Gasteiger partial charge in [0, 0.05) is 10.9 Å². The van der Waals surface area contributed by atoms with Crippen LogP contribution in [0.25, 0.3) is 49.3 Å². The second-order valence-corrected chi connectivity index (χ2v) is 6.17. The van der Waals surface area contributed by atoms with Gasteiger partial charge in [0.25, 0.3) is 5.69 Å². The number of hydrogen-bond acceptors (Lipinski definition) is 1. The monoisotopic (exact) mass is 340 g/mol. The maximum atomic E-state index is 14.7. The molecule has 0 aliphatic heterocycles. The molecule has 0 fully saturated rings. The number of benzene rings is 3. The highest BCUT2D eigenvalue weighted by Gasteiger charge is 2.24. The van der Waals surface area contributed by atoms with Crippen LogP contribution < -0.4 is 0 Å². The Labute approximate surface area is 148 Å². The SMILES string of the molecule is [C-]#[N+]c1c(F)ccc(-c2cc3c4c(cccc4n2)-c2ccccc2-3)c1F. The molecule has 0 N–H and O–H groups in total. The quantitative estimate of drug-likeness (QED) is 0.324. The van der Waals surface area contributed by atoms with Crippen molar-refractivity contribution in [3.63, 3.8) is 0 Å².